The van der Waals surface area contributed by atoms with Crippen molar-refractivity contribution in [3.63, 3.8) is 0 Å². The third-order valence-electron chi connectivity index (χ3n) is 6.91. The highest BCUT2D eigenvalue weighted by Crippen LogP contribution is 2.32. The van der Waals surface area contributed by atoms with Gasteiger partial charge in [0.2, 0.25) is 0 Å². The number of likely N-dealkylation sites (N-methyl/N-ethyl adjacent to an activating group) is 2. The molecular formula is C26H31N9O4. The lowest BCUT2D eigenvalue weighted by Gasteiger charge is -2.35. The first kappa shape index (κ1) is 26.1. The summed E-state index contributed by atoms with van der Waals surface area (Å²) in [5.74, 6) is 0.147. The average molecular weight is 534 g/mol. The molecule has 39 heavy (non-hydrogen) atoms. The number of carbonyl (C=O) groups is 2. The Balaban J connectivity index is 1.56. The fourth-order valence-electron chi connectivity index (χ4n) is 4.70. The summed E-state index contributed by atoms with van der Waals surface area (Å²) < 4.78 is 8.53. The van der Waals surface area contributed by atoms with Gasteiger partial charge in [-0.3, -0.25) is 28.9 Å². The lowest BCUT2D eigenvalue weighted by Crippen LogP contribution is -2.47. The first-order chi connectivity index (χ1) is 18.6. The predicted octanol–water partition coefficient (Wildman–Crippen LogP) is 1.08. The van der Waals surface area contributed by atoms with E-state index in [1.807, 2.05) is 10.7 Å². The van der Waals surface area contributed by atoms with Gasteiger partial charge in [0, 0.05) is 70.6 Å². The molecule has 0 spiro atoms. The van der Waals surface area contributed by atoms with Crippen LogP contribution in [-0.2, 0) is 41.1 Å². The Morgan fingerprint density at radius 2 is 1.90 bits per heavy atom. The molecular weight excluding hydrogens is 502 g/mol. The van der Waals surface area contributed by atoms with E-state index in [0.29, 0.717) is 47.2 Å². The fourth-order valence-corrected chi connectivity index (χ4v) is 4.70. The van der Waals surface area contributed by atoms with E-state index in [2.05, 4.69) is 39.0 Å². The number of aromatic nitrogens is 5. The van der Waals surface area contributed by atoms with Crippen molar-refractivity contribution in [3.8, 4) is 11.3 Å². The first-order valence-corrected chi connectivity index (χ1v) is 12.6. The number of nitrogens with zero attached hydrogens (tertiary/aromatic N) is 8. The minimum Gasteiger partial charge on any atom is -0.461 e. The third-order valence-corrected chi connectivity index (χ3v) is 6.91. The molecule has 5 rings (SSSR count). The van der Waals surface area contributed by atoms with Gasteiger partial charge in [0.25, 0.3) is 11.5 Å². The van der Waals surface area contributed by atoms with Crippen LogP contribution in [0.5, 0.6) is 0 Å². The molecule has 3 aromatic heterocycles. The van der Waals surface area contributed by atoms with E-state index < -0.39 is 5.97 Å². The van der Waals surface area contributed by atoms with Crippen LogP contribution in [0.25, 0.3) is 11.3 Å². The largest absolute Gasteiger partial charge is 0.461 e. The predicted molar refractivity (Wildman–Crippen MR) is 144 cm³/mol. The Hall–Kier alpha value is -4.52. The SMILES string of the molecule is C=C1C(=O)N(c2nccc(-c3cc(Nc4cc5n(n4)CCN(C)C5)c(=O)n(C)n3)c2COC(C)=O)CCN1C. The molecule has 1 N–H and O–H groups in total. The maximum atomic E-state index is 13.1. The van der Waals surface area contributed by atoms with E-state index in [1.54, 1.807) is 37.3 Å². The minimum atomic E-state index is -0.477. The van der Waals surface area contributed by atoms with Crippen LogP contribution in [0.1, 0.15) is 18.2 Å². The number of ether oxygens (including phenoxy) is 1. The van der Waals surface area contributed by atoms with Crippen LogP contribution < -0.4 is 15.8 Å². The number of carbonyl (C=O) groups excluding carboxylic acids is 2. The molecule has 0 unspecified atom stereocenters. The van der Waals surface area contributed by atoms with Crippen molar-refractivity contribution in [2.45, 2.75) is 26.6 Å². The zero-order valence-electron chi connectivity index (χ0n) is 22.5. The summed E-state index contributed by atoms with van der Waals surface area (Å²) in [6, 6.07) is 5.28. The number of piperazine rings is 1. The van der Waals surface area contributed by atoms with E-state index in [1.165, 1.54) is 16.5 Å². The zero-order chi connectivity index (χ0) is 27.8. The van der Waals surface area contributed by atoms with Gasteiger partial charge in [-0.2, -0.15) is 10.2 Å². The van der Waals surface area contributed by atoms with Crippen LogP contribution in [0.2, 0.25) is 0 Å². The molecule has 204 valence electrons. The summed E-state index contributed by atoms with van der Waals surface area (Å²) >= 11 is 0. The molecule has 1 fully saturated rings. The number of esters is 1. The highest BCUT2D eigenvalue weighted by molar-refractivity contribution is 6.05. The molecule has 13 nitrogen and oxygen atoms in total. The first-order valence-electron chi connectivity index (χ1n) is 12.6. The molecule has 0 radical (unpaired) electrons. The summed E-state index contributed by atoms with van der Waals surface area (Å²) in [6.45, 7) is 8.46. The topological polar surface area (TPSA) is 131 Å². The summed E-state index contributed by atoms with van der Waals surface area (Å²) in [5.41, 5.74) is 2.86. The van der Waals surface area contributed by atoms with Crippen LogP contribution >= 0.6 is 0 Å². The lowest BCUT2D eigenvalue weighted by molar-refractivity contribution is -0.142. The normalized spacial score (nSPS) is 15.9. The van der Waals surface area contributed by atoms with Crippen molar-refractivity contribution in [3.05, 3.63) is 58.3 Å². The molecule has 3 aromatic rings. The van der Waals surface area contributed by atoms with E-state index >= 15 is 0 Å². The monoisotopic (exact) mass is 533 g/mol. The van der Waals surface area contributed by atoms with Gasteiger partial charge < -0.3 is 15.0 Å². The minimum absolute atomic E-state index is 0.130. The smallest absolute Gasteiger partial charge is 0.302 e. The number of nitrogens with one attached hydrogen (secondary N) is 1. The van der Waals surface area contributed by atoms with E-state index in [4.69, 9.17) is 4.74 Å². The molecule has 0 aliphatic carbocycles. The van der Waals surface area contributed by atoms with Crippen LogP contribution in [0.3, 0.4) is 0 Å². The molecule has 2 aliphatic rings. The van der Waals surface area contributed by atoms with Crippen LogP contribution in [0.15, 0.2) is 41.5 Å². The van der Waals surface area contributed by atoms with Crippen molar-refractivity contribution in [1.82, 2.24) is 34.3 Å². The zero-order valence-corrected chi connectivity index (χ0v) is 22.5. The van der Waals surface area contributed by atoms with E-state index in [0.717, 1.165) is 25.3 Å². The van der Waals surface area contributed by atoms with Gasteiger partial charge in [0.05, 0.1) is 23.6 Å². The molecule has 1 amide bonds. The number of hydrogen-bond acceptors (Lipinski definition) is 10. The number of rotatable bonds is 6. The van der Waals surface area contributed by atoms with Gasteiger partial charge in [-0.15, -0.1) is 0 Å². The third kappa shape index (κ3) is 5.12. The Kier molecular flexibility index (Phi) is 6.91. The second-order valence-corrected chi connectivity index (χ2v) is 9.74. The van der Waals surface area contributed by atoms with Gasteiger partial charge in [0.15, 0.2) is 5.82 Å². The Bertz CT molecular complexity index is 1530. The van der Waals surface area contributed by atoms with E-state index in [-0.39, 0.29) is 23.8 Å². The van der Waals surface area contributed by atoms with Gasteiger partial charge in [-0.25, -0.2) is 9.67 Å². The molecule has 13 heteroatoms. The van der Waals surface area contributed by atoms with Crippen LogP contribution in [0.4, 0.5) is 17.3 Å². The summed E-state index contributed by atoms with van der Waals surface area (Å²) in [5, 5.41) is 12.2. The lowest BCUT2D eigenvalue weighted by atomic mass is 10.0. The van der Waals surface area contributed by atoms with Gasteiger partial charge in [0.1, 0.15) is 18.1 Å². The van der Waals surface area contributed by atoms with Crippen molar-refractivity contribution in [2.24, 2.45) is 7.05 Å². The summed E-state index contributed by atoms with van der Waals surface area (Å²) in [7, 11) is 5.42. The van der Waals surface area contributed by atoms with Crippen molar-refractivity contribution < 1.29 is 14.3 Å². The Morgan fingerprint density at radius 3 is 2.67 bits per heavy atom. The second-order valence-electron chi connectivity index (χ2n) is 9.74. The average Bonchev–Trinajstić information content (AvgIpc) is 3.30. The fraction of sp³-hybridized carbons (Fsp3) is 0.385. The molecule has 5 heterocycles. The molecule has 0 bridgehead atoms. The number of anilines is 3. The van der Waals surface area contributed by atoms with Crippen LogP contribution in [0, 0.1) is 0 Å². The van der Waals surface area contributed by atoms with Crippen molar-refractivity contribution >= 4 is 29.2 Å². The molecule has 0 atom stereocenters. The number of pyridine rings is 1. The highest BCUT2D eigenvalue weighted by Gasteiger charge is 2.30. The quantitative estimate of drug-likeness (QED) is 0.363. The maximum absolute atomic E-state index is 13.1. The van der Waals surface area contributed by atoms with E-state index in [9.17, 15) is 14.4 Å². The molecule has 2 aliphatic heterocycles. The van der Waals surface area contributed by atoms with Crippen molar-refractivity contribution in [2.75, 3.05) is 43.9 Å². The van der Waals surface area contributed by atoms with Gasteiger partial charge >= 0.3 is 5.97 Å². The maximum Gasteiger partial charge on any atom is 0.302 e. The standard InChI is InChI=1S/C26H31N9O4/c1-16-25(37)34(10-9-32(16)4)24-20(15-39-17(2)36)19(6-7-27-24)21-13-22(26(38)33(5)29-21)28-23-12-18-14-31(3)8-11-35(18)30-23/h6-7,12-13H,1,8-11,14-15H2,2-5H3,(H,28,30). The molecule has 1 saturated heterocycles. The number of fused-ring (bicyclic) bond motifs is 1. The Labute approximate surface area is 225 Å². The highest BCUT2D eigenvalue weighted by atomic mass is 16.5. The number of amides is 1. The summed E-state index contributed by atoms with van der Waals surface area (Å²) in [6.07, 6.45) is 1.57. The van der Waals surface area contributed by atoms with Gasteiger partial charge in [-0.05, 0) is 19.2 Å². The number of hydrogen-bond donors (Lipinski definition) is 1. The van der Waals surface area contributed by atoms with Crippen LogP contribution in [-0.4, -0.2) is 80.0 Å². The number of aryl methyl sites for hydroxylation is 1. The molecule has 0 aromatic carbocycles. The second kappa shape index (κ2) is 10.3. The Morgan fingerprint density at radius 1 is 1.10 bits per heavy atom. The summed E-state index contributed by atoms with van der Waals surface area (Å²) in [4.78, 5) is 47.8. The van der Waals surface area contributed by atoms with Crippen molar-refractivity contribution in [1.29, 1.82) is 0 Å². The van der Waals surface area contributed by atoms with Gasteiger partial charge in [-0.1, -0.05) is 6.58 Å². The molecule has 0 saturated carbocycles.